The molecule has 1 saturated heterocycles. The highest BCUT2D eigenvalue weighted by Crippen LogP contribution is 2.20. The van der Waals surface area contributed by atoms with E-state index in [-0.39, 0.29) is 13.2 Å². The van der Waals surface area contributed by atoms with Crippen molar-refractivity contribution < 1.29 is 20.1 Å². The van der Waals surface area contributed by atoms with Crippen molar-refractivity contribution in [1.29, 1.82) is 0 Å². The third kappa shape index (κ3) is 1.15. The van der Waals surface area contributed by atoms with Crippen molar-refractivity contribution in [3.05, 3.63) is 0 Å². The molecule has 1 heterocycles. The Hall–Kier alpha value is -0.160. The van der Waals surface area contributed by atoms with Gasteiger partial charge in [-0.15, -0.1) is 0 Å². The van der Waals surface area contributed by atoms with E-state index in [1.165, 1.54) is 6.92 Å². The molecule has 1 unspecified atom stereocenters. The van der Waals surface area contributed by atoms with Crippen molar-refractivity contribution in [2.75, 3.05) is 13.2 Å². The number of aliphatic hydroxyl groups is 3. The van der Waals surface area contributed by atoms with Gasteiger partial charge in [-0.1, -0.05) is 0 Å². The Bertz CT molecular complexity index is 111. The van der Waals surface area contributed by atoms with Crippen molar-refractivity contribution in [2.45, 2.75) is 24.7 Å². The van der Waals surface area contributed by atoms with E-state index in [1.807, 2.05) is 0 Å². The minimum absolute atomic E-state index is 0.0874. The molecule has 1 fully saturated rings. The lowest BCUT2D eigenvalue weighted by Gasteiger charge is -2.37. The average molecular weight is 148 g/mol. The predicted octanol–water partition coefficient (Wildman–Crippen LogP) is -1.51. The van der Waals surface area contributed by atoms with Gasteiger partial charge in [0.2, 0.25) is 0 Å². The smallest absolute Gasteiger partial charge is 0.118 e. The van der Waals surface area contributed by atoms with E-state index in [4.69, 9.17) is 14.9 Å². The SMILES string of the molecule is CC1(O)[C@H](O)COC[C@@H]1O. The zero-order valence-corrected chi connectivity index (χ0v) is 5.82. The molecule has 0 aliphatic carbocycles. The quantitative estimate of drug-likeness (QED) is 0.390. The standard InChI is InChI=1S/C6H12O4/c1-6(9)4(7)2-10-3-5(6)8/h4-5,7-9H,2-3H2,1H3/t4-,5+,6?. The summed E-state index contributed by atoms with van der Waals surface area (Å²) in [6.07, 6.45) is -1.98. The van der Waals surface area contributed by atoms with Gasteiger partial charge in [-0.2, -0.15) is 0 Å². The van der Waals surface area contributed by atoms with Crippen LogP contribution in [0.15, 0.2) is 0 Å². The highest BCUT2D eigenvalue weighted by atomic mass is 16.5. The number of hydrogen-bond acceptors (Lipinski definition) is 4. The third-order valence-corrected chi connectivity index (χ3v) is 1.90. The van der Waals surface area contributed by atoms with Crippen molar-refractivity contribution in [3.8, 4) is 0 Å². The Morgan fingerprint density at radius 1 is 1.30 bits per heavy atom. The fourth-order valence-corrected chi connectivity index (χ4v) is 0.851. The molecule has 0 spiro atoms. The number of aliphatic hydroxyl groups excluding tert-OH is 2. The van der Waals surface area contributed by atoms with Gasteiger partial charge in [-0.3, -0.25) is 0 Å². The van der Waals surface area contributed by atoms with Gasteiger partial charge in [0.15, 0.2) is 0 Å². The first kappa shape index (κ1) is 7.94. The number of ether oxygens (including phenoxy) is 1. The maximum absolute atomic E-state index is 9.33. The van der Waals surface area contributed by atoms with Crippen LogP contribution in [0, 0.1) is 0 Å². The van der Waals surface area contributed by atoms with Crippen molar-refractivity contribution in [2.24, 2.45) is 0 Å². The molecule has 0 bridgehead atoms. The summed E-state index contributed by atoms with van der Waals surface area (Å²) in [7, 11) is 0. The molecule has 3 N–H and O–H groups in total. The highest BCUT2D eigenvalue weighted by molar-refractivity contribution is 4.91. The fraction of sp³-hybridized carbons (Fsp3) is 1.00. The molecule has 1 aliphatic heterocycles. The van der Waals surface area contributed by atoms with E-state index in [2.05, 4.69) is 0 Å². The molecule has 1 aliphatic rings. The van der Waals surface area contributed by atoms with Crippen LogP contribution in [0.5, 0.6) is 0 Å². The summed E-state index contributed by atoms with van der Waals surface area (Å²) >= 11 is 0. The monoisotopic (exact) mass is 148 g/mol. The van der Waals surface area contributed by atoms with Crippen LogP contribution in [-0.4, -0.2) is 46.3 Å². The molecule has 4 heteroatoms. The molecule has 1 rings (SSSR count). The first-order valence-corrected chi connectivity index (χ1v) is 3.21. The molecular formula is C6H12O4. The number of rotatable bonds is 0. The van der Waals surface area contributed by atoms with E-state index in [1.54, 1.807) is 0 Å². The van der Waals surface area contributed by atoms with Gasteiger partial charge in [-0.25, -0.2) is 0 Å². The molecule has 4 nitrogen and oxygen atoms in total. The van der Waals surface area contributed by atoms with Crippen LogP contribution in [0.1, 0.15) is 6.92 Å². The summed E-state index contributed by atoms with van der Waals surface area (Å²) < 4.78 is 4.77. The fourth-order valence-electron chi connectivity index (χ4n) is 0.851. The lowest BCUT2D eigenvalue weighted by Crippen LogP contribution is -2.57. The maximum atomic E-state index is 9.33. The minimum atomic E-state index is -1.42. The Morgan fingerprint density at radius 3 is 2.00 bits per heavy atom. The Morgan fingerprint density at radius 2 is 1.70 bits per heavy atom. The average Bonchev–Trinajstić information content (AvgIpc) is 1.84. The molecule has 0 amide bonds. The van der Waals surface area contributed by atoms with Crippen LogP contribution < -0.4 is 0 Å². The van der Waals surface area contributed by atoms with Gasteiger partial charge in [0, 0.05) is 0 Å². The van der Waals surface area contributed by atoms with Gasteiger partial charge in [-0.05, 0) is 6.92 Å². The highest BCUT2D eigenvalue weighted by Gasteiger charge is 2.41. The Kier molecular flexibility index (Phi) is 1.96. The summed E-state index contributed by atoms with van der Waals surface area (Å²) in [4.78, 5) is 0. The number of hydrogen-bond donors (Lipinski definition) is 3. The van der Waals surface area contributed by atoms with Crippen LogP contribution in [0.3, 0.4) is 0 Å². The van der Waals surface area contributed by atoms with Crippen LogP contribution in [-0.2, 0) is 4.74 Å². The summed E-state index contributed by atoms with van der Waals surface area (Å²) in [5.41, 5.74) is -1.42. The van der Waals surface area contributed by atoms with Gasteiger partial charge >= 0.3 is 0 Å². The molecular weight excluding hydrogens is 136 g/mol. The van der Waals surface area contributed by atoms with Gasteiger partial charge in [0.25, 0.3) is 0 Å². The largest absolute Gasteiger partial charge is 0.388 e. The summed E-state index contributed by atoms with van der Waals surface area (Å²) in [5.74, 6) is 0. The molecule has 0 radical (unpaired) electrons. The minimum Gasteiger partial charge on any atom is -0.388 e. The van der Waals surface area contributed by atoms with Crippen LogP contribution in [0.4, 0.5) is 0 Å². The van der Waals surface area contributed by atoms with E-state index in [0.29, 0.717) is 0 Å². The molecule has 10 heavy (non-hydrogen) atoms. The molecule has 60 valence electrons. The van der Waals surface area contributed by atoms with Crippen LogP contribution >= 0.6 is 0 Å². The molecule has 0 saturated carbocycles. The predicted molar refractivity (Wildman–Crippen MR) is 33.5 cm³/mol. The maximum Gasteiger partial charge on any atom is 0.118 e. The molecule has 3 atom stereocenters. The van der Waals surface area contributed by atoms with Gasteiger partial charge < -0.3 is 20.1 Å². The lowest BCUT2D eigenvalue weighted by atomic mass is 9.91. The second kappa shape index (κ2) is 2.47. The third-order valence-electron chi connectivity index (χ3n) is 1.90. The topological polar surface area (TPSA) is 69.9 Å². The second-order valence-electron chi connectivity index (χ2n) is 2.79. The summed E-state index contributed by atoms with van der Waals surface area (Å²) in [6, 6.07) is 0. The molecule has 0 aromatic carbocycles. The zero-order valence-electron chi connectivity index (χ0n) is 5.82. The Labute approximate surface area is 59.1 Å². The van der Waals surface area contributed by atoms with Crippen LogP contribution in [0.2, 0.25) is 0 Å². The van der Waals surface area contributed by atoms with Crippen molar-refractivity contribution in [1.82, 2.24) is 0 Å². The van der Waals surface area contributed by atoms with E-state index in [9.17, 15) is 5.11 Å². The lowest BCUT2D eigenvalue weighted by molar-refractivity contribution is -0.204. The van der Waals surface area contributed by atoms with E-state index in [0.717, 1.165) is 0 Å². The zero-order chi connectivity index (χ0) is 7.78. The molecule has 0 aromatic rings. The normalized spacial score (nSPS) is 49.2. The van der Waals surface area contributed by atoms with Gasteiger partial charge in [0.1, 0.15) is 17.8 Å². The van der Waals surface area contributed by atoms with Crippen molar-refractivity contribution >= 4 is 0 Å². The van der Waals surface area contributed by atoms with Crippen LogP contribution in [0.25, 0.3) is 0 Å². The summed E-state index contributed by atoms with van der Waals surface area (Å²) in [5, 5.41) is 27.5. The summed E-state index contributed by atoms with van der Waals surface area (Å²) in [6.45, 7) is 1.57. The first-order chi connectivity index (χ1) is 4.55. The van der Waals surface area contributed by atoms with E-state index < -0.39 is 17.8 Å². The molecule has 0 aromatic heterocycles. The second-order valence-corrected chi connectivity index (χ2v) is 2.79. The van der Waals surface area contributed by atoms with Gasteiger partial charge in [0.05, 0.1) is 13.2 Å². The Balaban J connectivity index is 2.63. The first-order valence-electron chi connectivity index (χ1n) is 3.21. The van der Waals surface area contributed by atoms with Crippen molar-refractivity contribution in [3.63, 3.8) is 0 Å². The van der Waals surface area contributed by atoms with E-state index >= 15 is 0 Å².